The summed E-state index contributed by atoms with van der Waals surface area (Å²) in [6, 6.07) is 13.6. The Morgan fingerprint density at radius 2 is 1.73 bits per heavy atom. The number of benzene rings is 2. The molecule has 1 saturated heterocycles. The number of aryl methyl sites for hydroxylation is 2. The number of thiophene rings is 1. The topological polar surface area (TPSA) is 76.1 Å². The van der Waals surface area contributed by atoms with E-state index in [0.717, 1.165) is 22.4 Å². The minimum absolute atomic E-state index is 0.0737. The number of hydrogen-bond donors (Lipinski definition) is 1. The summed E-state index contributed by atoms with van der Waals surface area (Å²) in [5.74, 6) is -0.658. The molecular formula is C26H25NO5S. The van der Waals surface area contributed by atoms with Crippen molar-refractivity contribution >= 4 is 34.5 Å². The third kappa shape index (κ3) is 3.89. The van der Waals surface area contributed by atoms with Gasteiger partial charge >= 0.3 is 0 Å². The van der Waals surface area contributed by atoms with E-state index < -0.39 is 17.7 Å². The smallest absolute Gasteiger partial charge is 0.300 e. The van der Waals surface area contributed by atoms with E-state index in [4.69, 9.17) is 9.47 Å². The van der Waals surface area contributed by atoms with Gasteiger partial charge in [-0.05, 0) is 48.1 Å². The fraction of sp³-hybridized carbons (Fsp3) is 0.231. The summed E-state index contributed by atoms with van der Waals surface area (Å²) in [5.41, 5.74) is 3.10. The van der Waals surface area contributed by atoms with E-state index in [1.54, 1.807) is 30.3 Å². The van der Waals surface area contributed by atoms with Gasteiger partial charge in [-0.15, -0.1) is 11.3 Å². The number of anilines is 1. The van der Waals surface area contributed by atoms with Crippen LogP contribution in [0.15, 0.2) is 59.5 Å². The first kappa shape index (κ1) is 22.6. The van der Waals surface area contributed by atoms with Crippen LogP contribution in [0, 0.1) is 6.92 Å². The number of amides is 1. The van der Waals surface area contributed by atoms with Gasteiger partial charge in [0.15, 0.2) is 11.5 Å². The molecule has 4 rings (SSSR count). The average Bonchev–Trinajstić information content (AvgIpc) is 3.38. The minimum atomic E-state index is -0.756. The molecule has 1 fully saturated rings. The normalized spacial score (nSPS) is 17.5. The van der Waals surface area contributed by atoms with Gasteiger partial charge in [-0.3, -0.25) is 14.5 Å². The van der Waals surface area contributed by atoms with Crippen molar-refractivity contribution < 1.29 is 24.2 Å². The third-order valence-corrected chi connectivity index (χ3v) is 6.95. The van der Waals surface area contributed by atoms with Crippen molar-refractivity contribution in [1.82, 2.24) is 0 Å². The van der Waals surface area contributed by atoms with Gasteiger partial charge < -0.3 is 14.6 Å². The van der Waals surface area contributed by atoms with E-state index >= 15 is 0 Å². The molecule has 170 valence electrons. The number of carbonyl (C=O) groups excluding carboxylic acids is 2. The van der Waals surface area contributed by atoms with Crippen molar-refractivity contribution in [3.8, 4) is 11.5 Å². The van der Waals surface area contributed by atoms with Gasteiger partial charge in [0.05, 0.1) is 19.8 Å². The Kier molecular flexibility index (Phi) is 6.24. The quantitative estimate of drug-likeness (QED) is 0.306. The van der Waals surface area contributed by atoms with Gasteiger partial charge in [0.25, 0.3) is 11.7 Å². The molecule has 2 heterocycles. The highest BCUT2D eigenvalue weighted by Gasteiger charge is 2.48. The summed E-state index contributed by atoms with van der Waals surface area (Å²) in [7, 11) is 3.04. The number of ether oxygens (including phenoxy) is 2. The molecule has 6 nitrogen and oxygen atoms in total. The van der Waals surface area contributed by atoms with Crippen molar-refractivity contribution in [3.63, 3.8) is 0 Å². The number of aliphatic hydroxyl groups excluding tert-OH is 1. The summed E-state index contributed by atoms with van der Waals surface area (Å²) in [6.07, 6.45) is 0.860. The monoisotopic (exact) mass is 463 g/mol. The number of hydrogen-bond acceptors (Lipinski definition) is 6. The second-order valence-corrected chi connectivity index (χ2v) is 8.67. The Labute approximate surface area is 196 Å². The second-order valence-electron chi connectivity index (χ2n) is 7.73. The lowest BCUT2D eigenvalue weighted by molar-refractivity contribution is -0.132. The highest BCUT2D eigenvalue weighted by atomic mass is 32.1. The van der Waals surface area contributed by atoms with Crippen LogP contribution in [0.5, 0.6) is 11.5 Å². The molecule has 1 amide bonds. The molecule has 1 N–H and O–H groups in total. The van der Waals surface area contributed by atoms with E-state index in [0.29, 0.717) is 22.7 Å². The summed E-state index contributed by atoms with van der Waals surface area (Å²) < 4.78 is 10.7. The van der Waals surface area contributed by atoms with Crippen LogP contribution in [0.4, 0.5) is 5.69 Å². The molecule has 0 bridgehead atoms. The lowest BCUT2D eigenvalue weighted by Gasteiger charge is -2.25. The maximum atomic E-state index is 13.3. The lowest BCUT2D eigenvalue weighted by atomic mass is 9.97. The molecular weight excluding hydrogens is 438 g/mol. The van der Waals surface area contributed by atoms with Crippen LogP contribution < -0.4 is 14.4 Å². The zero-order valence-electron chi connectivity index (χ0n) is 18.9. The van der Waals surface area contributed by atoms with Crippen LogP contribution in [-0.2, 0) is 16.0 Å². The van der Waals surface area contributed by atoms with Crippen molar-refractivity contribution in [1.29, 1.82) is 0 Å². The molecule has 1 aliphatic rings. The molecule has 0 saturated carbocycles. The molecule has 0 spiro atoms. The number of Topliss-reactive ketones (excluding diaryl/α,β-unsaturated/α-hetero) is 1. The third-order valence-electron chi connectivity index (χ3n) is 5.88. The second kappa shape index (κ2) is 9.11. The van der Waals surface area contributed by atoms with Crippen molar-refractivity contribution in [2.24, 2.45) is 0 Å². The van der Waals surface area contributed by atoms with Crippen LogP contribution >= 0.6 is 11.3 Å². The van der Waals surface area contributed by atoms with Crippen LogP contribution in [0.3, 0.4) is 0 Å². The summed E-state index contributed by atoms with van der Waals surface area (Å²) >= 11 is 1.44. The summed E-state index contributed by atoms with van der Waals surface area (Å²) in [4.78, 5) is 28.8. The fourth-order valence-electron chi connectivity index (χ4n) is 4.04. The standard InChI is InChI=1S/C26H25NO5S/c1-5-16-6-8-17(9-7-16)23(28)21-22(25-15(2)12-13-33-25)27(26(30)24(21)29)18-10-11-19(31-3)20(14-18)32-4/h6-14,22,28H,5H2,1-4H3/b23-21-. The van der Waals surface area contributed by atoms with Crippen molar-refractivity contribution in [3.05, 3.63) is 81.1 Å². The number of methoxy groups -OCH3 is 2. The molecule has 1 aromatic heterocycles. The first-order valence-corrected chi connectivity index (χ1v) is 11.5. The molecule has 7 heteroatoms. The molecule has 1 atom stereocenters. The highest BCUT2D eigenvalue weighted by molar-refractivity contribution is 7.10. The molecule has 1 aliphatic heterocycles. The Balaban J connectivity index is 1.92. The van der Waals surface area contributed by atoms with Gasteiger partial charge in [0.1, 0.15) is 11.8 Å². The maximum Gasteiger partial charge on any atom is 0.300 e. The number of aliphatic hydroxyl groups is 1. The number of nitrogens with zero attached hydrogens (tertiary/aromatic N) is 1. The van der Waals surface area contributed by atoms with Crippen molar-refractivity contribution in [2.75, 3.05) is 19.1 Å². The fourth-order valence-corrected chi connectivity index (χ4v) is 5.06. The predicted octanol–water partition coefficient (Wildman–Crippen LogP) is 5.26. The predicted molar refractivity (Wildman–Crippen MR) is 129 cm³/mol. The van der Waals surface area contributed by atoms with Gasteiger partial charge in [0.2, 0.25) is 0 Å². The lowest BCUT2D eigenvalue weighted by Crippen LogP contribution is -2.29. The Hall–Kier alpha value is -3.58. The largest absolute Gasteiger partial charge is 0.507 e. The van der Waals surface area contributed by atoms with E-state index in [1.165, 1.54) is 30.5 Å². The number of ketones is 1. The molecule has 2 aromatic carbocycles. The van der Waals surface area contributed by atoms with Crippen LogP contribution in [-0.4, -0.2) is 31.0 Å². The van der Waals surface area contributed by atoms with Crippen LogP contribution in [0.2, 0.25) is 0 Å². The van der Waals surface area contributed by atoms with Crippen LogP contribution in [0.25, 0.3) is 5.76 Å². The molecule has 0 radical (unpaired) electrons. The minimum Gasteiger partial charge on any atom is -0.507 e. The van der Waals surface area contributed by atoms with Gasteiger partial charge in [-0.1, -0.05) is 31.2 Å². The first-order chi connectivity index (χ1) is 15.9. The average molecular weight is 464 g/mol. The zero-order valence-corrected chi connectivity index (χ0v) is 19.7. The molecule has 1 unspecified atom stereocenters. The van der Waals surface area contributed by atoms with Gasteiger partial charge in [-0.2, -0.15) is 0 Å². The Bertz CT molecular complexity index is 1240. The SMILES string of the molecule is CCc1ccc(/C(O)=C2/C(=O)C(=O)N(c3ccc(OC)c(OC)c3)C2c2sccc2C)cc1. The maximum absolute atomic E-state index is 13.3. The van der Waals surface area contributed by atoms with Gasteiger partial charge in [-0.25, -0.2) is 0 Å². The zero-order chi connectivity index (χ0) is 23.7. The van der Waals surface area contributed by atoms with E-state index in [-0.39, 0.29) is 11.3 Å². The molecule has 0 aliphatic carbocycles. The van der Waals surface area contributed by atoms with E-state index in [2.05, 4.69) is 0 Å². The molecule has 3 aromatic rings. The summed E-state index contributed by atoms with van der Waals surface area (Å²) in [6.45, 7) is 3.97. The number of carbonyl (C=O) groups is 2. The van der Waals surface area contributed by atoms with Crippen LogP contribution in [0.1, 0.15) is 34.5 Å². The first-order valence-electron chi connectivity index (χ1n) is 10.6. The molecule has 33 heavy (non-hydrogen) atoms. The number of rotatable bonds is 6. The van der Waals surface area contributed by atoms with E-state index in [9.17, 15) is 14.7 Å². The summed E-state index contributed by atoms with van der Waals surface area (Å²) in [5, 5.41) is 13.1. The van der Waals surface area contributed by atoms with Gasteiger partial charge in [0, 0.05) is 22.2 Å². The van der Waals surface area contributed by atoms with E-state index in [1.807, 2.05) is 37.4 Å². The Morgan fingerprint density at radius 1 is 1.03 bits per heavy atom. The highest BCUT2D eigenvalue weighted by Crippen LogP contribution is 2.46. The Morgan fingerprint density at radius 3 is 2.30 bits per heavy atom. The van der Waals surface area contributed by atoms with Crippen molar-refractivity contribution in [2.45, 2.75) is 26.3 Å².